The number of aromatic nitrogens is 4. The van der Waals surface area contributed by atoms with E-state index in [1.165, 1.54) is 29.2 Å². The Morgan fingerprint density at radius 1 is 1.20 bits per heavy atom. The third kappa shape index (κ3) is 2.77. The molecule has 0 radical (unpaired) electrons. The highest BCUT2D eigenvalue weighted by Gasteiger charge is 2.11. The number of thiophene rings is 1. The summed E-state index contributed by atoms with van der Waals surface area (Å²) in [6.45, 7) is 1.88. The molecule has 8 heteroatoms. The molecule has 4 aromatic heterocycles. The molecule has 0 aliphatic rings. The number of nitrogens with zero attached hydrogens (tertiary/aromatic N) is 4. The second kappa shape index (κ2) is 6.12. The van der Waals surface area contributed by atoms with E-state index in [-0.39, 0.29) is 11.1 Å². The van der Waals surface area contributed by atoms with Crippen LogP contribution >= 0.6 is 23.1 Å². The zero-order valence-corrected chi connectivity index (χ0v) is 15.2. The highest BCUT2D eigenvalue weighted by Crippen LogP contribution is 2.22. The third-order valence-electron chi connectivity index (χ3n) is 3.93. The maximum absolute atomic E-state index is 12.3. The largest absolute Gasteiger partial charge is 0.290 e. The Morgan fingerprint density at radius 2 is 2.04 bits per heavy atom. The van der Waals surface area contributed by atoms with E-state index < -0.39 is 0 Å². The van der Waals surface area contributed by atoms with Gasteiger partial charge in [-0.3, -0.25) is 18.6 Å². The summed E-state index contributed by atoms with van der Waals surface area (Å²) in [5, 5.41) is 2.48. The van der Waals surface area contributed by atoms with E-state index in [1.54, 1.807) is 16.0 Å². The quantitative estimate of drug-likeness (QED) is 0.410. The van der Waals surface area contributed by atoms with Gasteiger partial charge in [-0.1, -0.05) is 17.8 Å². The van der Waals surface area contributed by atoms with Gasteiger partial charge in [0.05, 0.1) is 11.2 Å². The van der Waals surface area contributed by atoms with Crippen molar-refractivity contribution in [3.05, 3.63) is 67.8 Å². The van der Waals surface area contributed by atoms with Gasteiger partial charge in [-0.05, 0) is 30.5 Å². The predicted molar refractivity (Wildman–Crippen MR) is 101 cm³/mol. The molecule has 4 aromatic rings. The van der Waals surface area contributed by atoms with E-state index >= 15 is 0 Å². The maximum Gasteiger partial charge on any atom is 0.271 e. The molecule has 0 N–H and O–H groups in total. The molecular weight excluding hydrogens is 356 g/mol. The SMILES string of the molecule is Cc1cccc2nc(CSc3nc4ccsc4c(=O)n3C)cc(=O)n12. The minimum absolute atomic E-state index is 0.0512. The smallest absolute Gasteiger partial charge is 0.271 e. The summed E-state index contributed by atoms with van der Waals surface area (Å²) in [6.07, 6.45) is 0. The lowest BCUT2D eigenvalue weighted by molar-refractivity contribution is 0.727. The molecule has 0 aliphatic carbocycles. The van der Waals surface area contributed by atoms with Gasteiger partial charge < -0.3 is 0 Å². The second-order valence-corrected chi connectivity index (χ2v) is 7.49. The summed E-state index contributed by atoms with van der Waals surface area (Å²) in [6, 6.07) is 8.95. The summed E-state index contributed by atoms with van der Waals surface area (Å²) >= 11 is 2.79. The van der Waals surface area contributed by atoms with Gasteiger partial charge in [0.25, 0.3) is 11.1 Å². The van der Waals surface area contributed by atoms with Crippen molar-refractivity contribution in [2.45, 2.75) is 17.8 Å². The van der Waals surface area contributed by atoms with Crippen molar-refractivity contribution in [2.24, 2.45) is 7.05 Å². The highest BCUT2D eigenvalue weighted by molar-refractivity contribution is 7.98. The Labute approximate surface area is 150 Å². The molecular formula is C17H14N4O2S2. The maximum atomic E-state index is 12.3. The Kier molecular flexibility index (Phi) is 3.93. The van der Waals surface area contributed by atoms with E-state index in [4.69, 9.17) is 0 Å². The highest BCUT2D eigenvalue weighted by atomic mass is 32.2. The molecule has 0 amide bonds. The van der Waals surface area contributed by atoms with Crippen molar-refractivity contribution in [1.82, 2.24) is 18.9 Å². The summed E-state index contributed by atoms with van der Waals surface area (Å²) in [5.41, 5.74) is 2.69. The van der Waals surface area contributed by atoms with Gasteiger partial charge in [0.2, 0.25) is 0 Å². The standard InChI is InChI=1S/C17H14N4O2S2/c1-10-4-3-5-13-18-11(8-14(22)21(10)13)9-25-17-19-12-6-7-24-15(12)16(23)20(17)2/h3-8H,9H2,1-2H3. The van der Waals surface area contributed by atoms with Crippen LogP contribution in [0.5, 0.6) is 0 Å². The van der Waals surface area contributed by atoms with Crippen LogP contribution < -0.4 is 11.1 Å². The Balaban J connectivity index is 1.70. The van der Waals surface area contributed by atoms with Crippen LogP contribution in [0.2, 0.25) is 0 Å². The predicted octanol–water partition coefficient (Wildman–Crippen LogP) is 2.60. The molecule has 0 saturated carbocycles. The molecule has 0 fully saturated rings. The third-order valence-corrected chi connectivity index (χ3v) is 5.88. The molecule has 0 aliphatic heterocycles. The Morgan fingerprint density at radius 3 is 2.88 bits per heavy atom. The van der Waals surface area contributed by atoms with E-state index in [9.17, 15) is 9.59 Å². The van der Waals surface area contributed by atoms with Crippen LogP contribution in [0.15, 0.2) is 50.5 Å². The molecule has 0 atom stereocenters. The minimum atomic E-state index is -0.103. The fraction of sp³-hybridized carbons (Fsp3) is 0.176. The topological polar surface area (TPSA) is 69.3 Å². The first-order valence-electron chi connectivity index (χ1n) is 7.60. The molecule has 0 aromatic carbocycles. The van der Waals surface area contributed by atoms with Crippen LogP contribution in [0.4, 0.5) is 0 Å². The molecule has 126 valence electrons. The number of hydrogen-bond acceptors (Lipinski definition) is 6. The lowest BCUT2D eigenvalue weighted by Crippen LogP contribution is -2.19. The number of hydrogen-bond donors (Lipinski definition) is 0. The summed E-state index contributed by atoms with van der Waals surface area (Å²) in [5.74, 6) is 0.468. The van der Waals surface area contributed by atoms with Gasteiger partial charge in [-0.25, -0.2) is 9.97 Å². The first kappa shape index (κ1) is 16.0. The molecule has 0 bridgehead atoms. The van der Waals surface area contributed by atoms with Gasteiger partial charge >= 0.3 is 0 Å². The van der Waals surface area contributed by atoms with E-state index in [1.807, 2.05) is 36.6 Å². The van der Waals surface area contributed by atoms with Crippen LogP contribution in [-0.4, -0.2) is 18.9 Å². The molecule has 0 spiro atoms. The van der Waals surface area contributed by atoms with Crippen molar-refractivity contribution < 1.29 is 0 Å². The van der Waals surface area contributed by atoms with Crippen LogP contribution in [0.3, 0.4) is 0 Å². The zero-order chi connectivity index (χ0) is 17.6. The number of thioether (sulfide) groups is 1. The van der Waals surface area contributed by atoms with Crippen LogP contribution in [0, 0.1) is 6.92 Å². The zero-order valence-electron chi connectivity index (χ0n) is 13.6. The Hall–Kier alpha value is -2.45. The molecule has 6 nitrogen and oxygen atoms in total. The normalized spacial score (nSPS) is 11.4. The summed E-state index contributed by atoms with van der Waals surface area (Å²) in [4.78, 5) is 33.8. The van der Waals surface area contributed by atoms with E-state index in [0.29, 0.717) is 32.5 Å². The molecule has 0 unspecified atom stereocenters. The average Bonchev–Trinajstić information content (AvgIpc) is 3.05. The molecule has 25 heavy (non-hydrogen) atoms. The molecule has 4 heterocycles. The monoisotopic (exact) mass is 370 g/mol. The number of pyridine rings is 1. The van der Waals surface area contributed by atoms with Gasteiger partial charge in [-0.15, -0.1) is 11.3 Å². The first-order chi connectivity index (χ1) is 12.0. The van der Waals surface area contributed by atoms with Gasteiger partial charge in [0.1, 0.15) is 10.3 Å². The van der Waals surface area contributed by atoms with E-state index in [0.717, 1.165) is 5.69 Å². The van der Waals surface area contributed by atoms with Crippen molar-refractivity contribution >= 4 is 39.0 Å². The van der Waals surface area contributed by atoms with Crippen LogP contribution in [0.25, 0.3) is 15.9 Å². The van der Waals surface area contributed by atoms with E-state index in [2.05, 4.69) is 9.97 Å². The number of fused-ring (bicyclic) bond motifs is 2. The molecule has 4 rings (SSSR count). The average molecular weight is 370 g/mol. The lowest BCUT2D eigenvalue weighted by atomic mass is 10.3. The Bertz CT molecular complexity index is 1220. The molecule has 0 saturated heterocycles. The minimum Gasteiger partial charge on any atom is -0.290 e. The summed E-state index contributed by atoms with van der Waals surface area (Å²) < 4.78 is 3.78. The van der Waals surface area contributed by atoms with Gasteiger partial charge in [0.15, 0.2) is 5.16 Å². The van der Waals surface area contributed by atoms with Crippen molar-refractivity contribution in [3.63, 3.8) is 0 Å². The second-order valence-electron chi connectivity index (χ2n) is 5.63. The van der Waals surface area contributed by atoms with Gasteiger partial charge in [-0.2, -0.15) is 0 Å². The van der Waals surface area contributed by atoms with Gasteiger partial charge in [0, 0.05) is 24.6 Å². The number of aryl methyl sites for hydroxylation is 1. The fourth-order valence-corrected chi connectivity index (χ4v) is 4.34. The van der Waals surface area contributed by atoms with Crippen molar-refractivity contribution in [2.75, 3.05) is 0 Å². The van der Waals surface area contributed by atoms with Crippen molar-refractivity contribution in [1.29, 1.82) is 0 Å². The summed E-state index contributed by atoms with van der Waals surface area (Å²) in [7, 11) is 1.71. The van der Waals surface area contributed by atoms with Crippen molar-refractivity contribution in [3.8, 4) is 0 Å². The lowest BCUT2D eigenvalue weighted by Gasteiger charge is -2.08. The van der Waals surface area contributed by atoms with Crippen LogP contribution in [-0.2, 0) is 12.8 Å². The number of rotatable bonds is 3. The fourth-order valence-electron chi connectivity index (χ4n) is 2.67. The van der Waals surface area contributed by atoms with Crippen LogP contribution in [0.1, 0.15) is 11.4 Å². The first-order valence-corrected chi connectivity index (χ1v) is 9.46.